The summed E-state index contributed by atoms with van der Waals surface area (Å²) in [6, 6.07) is 7.43. The third-order valence-corrected chi connectivity index (χ3v) is 4.18. The number of nitrogens with zero attached hydrogens (tertiary/aromatic N) is 2. The van der Waals surface area contributed by atoms with Gasteiger partial charge in [-0.1, -0.05) is 19.1 Å². The Morgan fingerprint density at radius 3 is 3.00 bits per heavy atom. The van der Waals surface area contributed by atoms with Crippen LogP contribution in [0.2, 0.25) is 0 Å². The Labute approximate surface area is 132 Å². The van der Waals surface area contributed by atoms with Crippen LogP contribution in [0.15, 0.2) is 35.8 Å². The summed E-state index contributed by atoms with van der Waals surface area (Å²) in [4.78, 5) is 17.5. The van der Waals surface area contributed by atoms with Gasteiger partial charge in [-0.15, -0.1) is 11.3 Å². The number of fused-ring (bicyclic) bond motifs is 1. The summed E-state index contributed by atoms with van der Waals surface area (Å²) < 4.78 is 7.56. The molecule has 2 heterocycles. The van der Waals surface area contributed by atoms with Crippen LogP contribution in [0.5, 0.6) is 5.75 Å². The maximum Gasteiger partial charge on any atom is 0.276 e. The maximum atomic E-state index is 12.4. The zero-order chi connectivity index (χ0) is 15.5. The van der Waals surface area contributed by atoms with Crippen LogP contribution in [-0.2, 0) is 0 Å². The number of aryl methyl sites for hydroxylation is 1. The molecule has 1 aromatic carbocycles. The topological polar surface area (TPSA) is 55.6 Å². The Hall–Kier alpha value is -2.34. The fourth-order valence-corrected chi connectivity index (χ4v) is 2.95. The van der Waals surface area contributed by atoms with Gasteiger partial charge in [0.15, 0.2) is 4.96 Å². The maximum absolute atomic E-state index is 12.4. The number of amides is 1. The van der Waals surface area contributed by atoms with E-state index < -0.39 is 0 Å². The van der Waals surface area contributed by atoms with Crippen LogP contribution in [0.1, 0.15) is 29.5 Å². The van der Waals surface area contributed by atoms with E-state index in [2.05, 4.69) is 10.3 Å². The molecule has 0 fully saturated rings. The van der Waals surface area contributed by atoms with Gasteiger partial charge >= 0.3 is 0 Å². The number of imidazole rings is 1. The molecule has 0 unspecified atom stereocenters. The van der Waals surface area contributed by atoms with E-state index in [1.807, 2.05) is 47.9 Å². The molecular formula is C16H17N3O2S. The first-order valence-electron chi connectivity index (χ1n) is 7.15. The predicted octanol–water partition coefficient (Wildman–Crippen LogP) is 3.75. The number of benzene rings is 1. The van der Waals surface area contributed by atoms with Crippen molar-refractivity contribution in [2.75, 3.05) is 11.9 Å². The van der Waals surface area contributed by atoms with Crippen LogP contribution in [0.3, 0.4) is 0 Å². The van der Waals surface area contributed by atoms with Crippen molar-refractivity contribution in [2.45, 2.75) is 20.3 Å². The highest BCUT2D eigenvalue weighted by Gasteiger charge is 2.14. The van der Waals surface area contributed by atoms with E-state index in [4.69, 9.17) is 4.74 Å². The number of carbonyl (C=O) groups is 1. The smallest absolute Gasteiger partial charge is 0.276 e. The molecule has 0 bridgehead atoms. The van der Waals surface area contributed by atoms with Crippen LogP contribution in [0.4, 0.5) is 5.69 Å². The van der Waals surface area contributed by atoms with Crippen LogP contribution in [0.25, 0.3) is 4.96 Å². The summed E-state index contributed by atoms with van der Waals surface area (Å²) in [5.74, 6) is 0.442. The predicted molar refractivity (Wildman–Crippen MR) is 88.0 cm³/mol. The lowest BCUT2D eigenvalue weighted by molar-refractivity contribution is 0.102. The van der Waals surface area contributed by atoms with Crippen LogP contribution >= 0.6 is 11.3 Å². The van der Waals surface area contributed by atoms with Crippen LogP contribution < -0.4 is 10.1 Å². The van der Waals surface area contributed by atoms with Crippen molar-refractivity contribution in [3.8, 4) is 5.75 Å². The van der Waals surface area contributed by atoms with Gasteiger partial charge in [-0.2, -0.15) is 0 Å². The molecule has 0 saturated heterocycles. The fraction of sp³-hybridized carbons (Fsp3) is 0.250. The molecule has 0 aliphatic rings. The highest BCUT2D eigenvalue weighted by atomic mass is 32.1. The number of thiazole rings is 1. The fourth-order valence-electron chi connectivity index (χ4n) is 2.10. The first kappa shape index (κ1) is 14.6. The minimum absolute atomic E-state index is 0.233. The largest absolute Gasteiger partial charge is 0.491 e. The van der Waals surface area contributed by atoms with Gasteiger partial charge < -0.3 is 10.1 Å². The van der Waals surface area contributed by atoms with Crippen molar-refractivity contribution in [1.29, 1.82) is 0 Å². The lowest BCUT2D eigenvalue weighted by atomic mass is 10.3. The molecule has 22 heavy (non-hydrogen) atoms. The second kappa shape index (κ2) is 6.19. The number of aromatic nitrogens is 2. The molecule has 0 spiro atoms. The summed E-state index contributed by atoms with van der Waals surface area (Å²) in [5.41, 5.74) is 2.13. The summed E-state index contributed by atoms with van der Waals surface area (Å²) in [7, 11) is 0. The number of hydrogen-bond donors (Lipinski definition) is 1. The average Bonchev–Trinajstić information content (AvgIpc) is 3.09. The lowest BCUT2D eigenvalue weighted by Crippen LogP contribution is -2.13. The van der Waals surface area contributed by atoms with Gasteiger partial charge in [-0.05, 0) is 25.5 Å². The summed E-state index contributed by atoms with van der Waals surface area (Å²) in [6.45, 7) is 4.65. The normalized spacial score (nSPS) is 10.8. The second-order valence-electron chi connectivity index (χ2n) is 4.95. The molecule has 0 saturated carbocycles. The Morgan fingerprint density at radius 1 is 1.41 bits per heavy atom. The number of anilines is 1. The standard InChI is InChI=1S/C16H17N3O2S/c1-3-8-21-14-7-5-4-6-12(14)17-15(20)13-9-19-11(2)10-22-16(19)18-13/h4-7,9-10H,3,8H2,1-2H3,(H,17,20). The summed E-state index contributed by atoms with van der Waals surface area (Å²) in [6.07, 6.45) is 2.67. The van der Waals surface area contributed by atoms with Crippen LogP contribution in [0, 0.1) is 6.92 Å². The molecule has 6 heteroatoms. The molecule has 5 nitrogen and oxygen atoms in total. The van der Waals surface area contributed by atoms with Crippen molar-refractivity contribution < 1.29 is 9.53 Å². The molecule has 0 atom stereocenters. The third kappa shape index (κ3) is 2.82. The molecule has 0 aliphatic heterocycles. The van der Waals surface area contributed by atoms with Gasteiger partial charge in [0.2, 0.25) is 0 Å². The Kier molecular flexibility index (Phi) is 4.11. The Morgan fingerprint density at radius 2 is 2.23 bits per heavy atom. The van der Waals surface area contributed by atoms with Gasteiger partial charge in [0.25, 0.3) is 5.91 Å². The number of carbonyl (C=O) groups excluding carboxylic acids is 1. The minimum Gasteiger partial charge on any atom is -0.491 e. The van der Waals surface area contributed by atoms with E-state index in [1.54, 1.807) is 6.20 Å². The monoisotopic (exact) mass is 315 g/mol. The first-order chi connectivity index (χ1) is 10.7. The molecule has 2 aromatic heterocycles. The van der Waals surface area contributed by atoms with Gasteiger partial charge in [0.1, 0.15) is 11.4 Å². The first-order valence-corrected chi connectivity index (χ1v) is 8.03. The van der Waals surface area contributed by atoms with Crippen molar-refractivity contribution in [2.24, 2.45) is 0 Å². The molecule has 3 rings (SSSR count). The third-order valence-electron chi connectivity index (χ3n) is 3.22. The SMILES string of the molecule is CCCOc1ccccc1NC(=O)c1cn2c(C)csc2n1. The number of hydrogen-bond acceptors (Lipinski definition) is 4. The van der Waals surface area contributed by atoms with Gasteiger partial charge in [-0.3, -0.25) is 9.20 Å². The van der Waals surface area contributed by atoms with E-state index in [1.165, 1.54) is 11.3 Å². The van der Waals surface area contributed by atoms with E-state index in [0.29, 0.717) is 23.7 Å². The van der Waals surface area contributed by atoms with Crippen molar-refractivity contribution >= 4 is 27.9 Å². The number of rotatable bonds is 5. The van der Waals surface area contributed by atoms with Crippen molar-refractivity contribution in [3.05, 3.63) is 47.2 Å². The number of nitrogens with one attached hydrogen (secondary N) is 1. The quantitative estimate of drug-likeness (QED) is 0.780. The van der Waals surface area contributed by atoms with Gasteiger partial charge in [0, 0.05) is 17.3 Å². The lowest BCUT2D eigenvalue weighted by Gasteiger charge is -2.11. The molecule has 3 aromatic rings. The van der Waals surface area contributed by atoms with Crippen molar-refractivity contribution in [3.63, 3.8) is 0 Å². The second-order valence-corrected chi connectivity index (χ2v) is 5.79. The summed E-state index contributed by atoms with van der Waals surface area (Å²) >= 11 is 1.52. The van der Waals surface area contributed by atoms with E-state index in [0.717, 1.165) is 17.1 Å². The molecule has 1 N–H and O–H groups in total. The molecule has 1 amide bonds. The van der Waals surface area contributed by atoms with E-state index >= 15 is 0 Å². The van der Waals surface area contributed by atoms with Crippen molar-refractivity contribution in [1.82, 2.24) is 9.38 Å². The highest BCUT2D eigenvalue weighted by molar-refractivity contribution is 7.15. The molecule has 114 valence electrons. The zero-order valence-corrected chi connectivity index (χ0v) is 13.3. The minimum atomic E-state index is -0.233. The van der Waals surface area contributed by atoms with Crippen LogP contribution in [-0.4, -0.2) is 21.9 Å². The Bertz CT molecular complexity index is 807. The molecule has 0 radical (unpaired) electrons. The highest BCUT2D eigenvalue weighted by Crippen LogP contribution is 2.25. The Balaban J connectivity index is 1.81. The van der Waals surface area contributed by atoms with E-state index in [9.17, 15) is 4.79 Å². The molecular weight excluding hydrogens is 298 g/mol. The summed E-state index contributed by atoms with van der Waals surface area (Å²) in [5, 5.41) is 4.88. The number of para-hydroxylation sites is 2. The molecule has 0 aliphatic carbocycles. The number of ether oxygens (including phenoxy) is 1. The van der Waals surface area contributed by atoms with Gasteiger partial charge in [0.05, 0.1) is 12.3 Å². The van der Waals surface area contributed by atoms with Gasteiger partial charge in [-0.25, -0.2) is 4.98 Å². The zero-order valence-electron chi connectivity index (χ0n) is 12.5. The average molecular weight is 315 g/mol. The van der Waals surface area contributed by atoms with E-state index in [-0.39, 0.29) is 5.91 Å².